The molecule has 6 nitrogen and oxygen atoms in total. The van der Waals surface area contributed by atoms with E-state index in [0.717, 1.165) is 17.0 Å². The van der Waals surface area contributed by atoms with Crippen LogP contribution in [0.1, 0.15) is 15.2 Å². The Labute approximate surface area is 142 Å². The molecule has 0 spiro atoms. The lowest BCUT2D eigenvalue weighted by atomic mass is 10.2. The first-order valence-electron chi connectivity index (χ1n) is 6.99. The Kier molecular flexibility index (Phi) is 5.75. The third-order valence-corrected chi connectivity index (χ3v) is 4.13. The van der Waals surface area contributed by atoms with E-state index >= 15 is 0 Å². The van der Waals surface area contributed by atoms with E-state index in [2.05, 4.69) is 0 Å². The van der Waals surface area contributed by atoms with Crippen LogP contribution in [0.4, 0.5) is 10.1 Å². The molecule has 0 aliphatic carbocycles. The number of carbonyl (C=O) groups is 2. The quantitative estimate of drug-likeness (QED) is 0.637. The Bertz CT molecular complexity index is 734. The van der Waals surface area contributed by atoms with Crippen molar-refractivity contribution in [3.05, 3.63) is 45.9 Å². The number of hydrogen-bond acceptors (Lipinski definition) is 6. The lowest BCUT2D eigenvalue weighted by Gasteiger charge is -2.16. The minimum atomic E-state index is -0.955. The van der Waals surface area contributed by atoms with Crippen molar-refractivity contribution in [2.24, 2.45) is 0 Å². The first kappa shape index (κ1) is 17.7. The lowest BCUT2D eigenvalue weighted by Crippen LogP contribution is -2.30. The maximum absolute atomic E-state index is 13.8. The zero-order valence-electron chi connectivity index (χ0n) is 13.2. The van der Waals surface area contributed by atoms with Gasteiger partial charge in [-0.05, 0) is 17.5 Å². The second kappa shape index (κ2) is 7.78. The Morgan fingerprint density at radius 2 is 2.12 bits per heavy atom. The van der Waals surface area contributed by atoms with E-state index in [4.69, 9.17) is 15.2 Å². The van der Waals surface area contributed by atoms with Crippen LogP contribution in [0.5, 0.6) is 5.75 Å². The van der Waals surface area contributed by atoms with E-state index in [-0.39, 0.29) is 22.9 Å². The highest BCUT2D eigenvalue weighted by Crippen LogP contribution is 2.25. The van der Waals surface area contributed by atoms with Gasteiger partial charge in [0.15, 0.2) is 6.61 Å². The smallest absolute Gasteiger partial charge is 0.341 e. The molecule has 1 heterocycles. The number of amides is 1. The molecule has 0 saturated heterocycles. The Morgan fingerprint density at radius 3 is 2.75 bits per heavy atom. The fraction of sp³-hybridized carbons (Fsp3) is 0.250. The van der Waals surface area contributed by atoms with Crippen LogP contribution in [-0.2, 0) is 16.1 Å². The van der Waals surface area contributed by atoms with Crippen molar-refractivity contribution < 1.29 is 23.5 Å². The van der Waals surface area contributed by atoms with Crippen LogP contribution < -0.4 is 10.5 Å². The molecular formula is C16H17FN2O4S. The number of methoxy groups -OCH3 is 1. The van der Waals surface area contributed by atoms with Crippen molar-refractivity contribution in [3.63, 3.8) is 0 Å². The topological polar surface area (TPSA) is 81.9 Å². The zero-order chi connectivity index (χ0) is 17.7. The minimum absolute atomic E-state index is 0.0679. The summed E-state index contributed by atoms with van der Waals surface area (Å²) in [5, 5.41) is 1.91. The maximum Gasteiger partial charge on any atom is 0.341 e. The van der Waals surface area contributed by atoms with Crippen LogP contribution in [0.15, 0.2) is 29.6 Å². The van der Waals surface area contributed by atoms with Crippen LogP contribution in [-0.4, -0.2) is 37.5 Å². The standard InChI is InChI=1S/C16H17FN2O4S/c1-19(8-10-4-3-5-24-10)15(20)9-23-16(21)11-6-14(22-2)13(18)7-12(11)17/h3-7H,8-9,18H2,1-2H3. The van der Waals surface area contributed by atoms with E-state index in [9.17, 15) is 14.0 Å². The molecule has 2 N–H and O–H groups in total. The van der Waals surface area contributed by atoms with E-state index in [1.54, 1.807) is 7.05 Å². The van der Waals surface area contributed by atoms with Gasteiger partial charge in [-0.2, -0.15) is 0 Å². The second-order valence-electron chi connectivity index (χ2n) is 4.98. The van der Waals surface area contributed by atoms with Crippen molar-refractivity contribution in [2.45, 2.75) is 6.54 Å². The zero-order valence-corrected chi connectivity index (χ0v) is 14.1. The Hall–Kier alpha value is -2.61. The number of hydrogen-bond donors (Lipinski definition) is 1. The van der Waals surface area contributed by atoms with E-state index in [0.29, 0.717) is 6.54 Å². The summed E-state index contributed by atoms with van der Waals surface area (Å²) in [6.45, 7) is -0.0645. The molecule has 0 saturated carbocycles. The van der Waals surface area contributed by atoms with Gasteiger partial charge in [-0.3, -0.25) is 4.79 Å². The molecule has 128 valence electrons. The van der Waals surface area contributed by atoms with Gasteiger partial charge < -0.3 is 20.1 Å². The fourth-order valence-corrected chi connectivity index (χ4v) is 2.70. The average molecular weight is 352 g/mol. The molecule has 0 aliphatic rings. The van der Waals surface area contributed by atoms with Crippen LogP contribution in [0.2, 0.25) is 0 Å². The first-order chi connectivity index (χ1) is 11.4. The van der Waals surface area contributed by atoms with Gasteiger partial charge in [0, 0.05) is 18.0 Å². The number of nitrogens with zero attached hydrogens (tertiary/aromatic N) is 1. The number of anilines is 1. The predicted octanol–water partition coefficient (Wildman–Crippen LogP) is 2.29. The number of likely N-dealkylation sites (N-methyl/N-ethyl adjacent to an activating group) is 1. The normalized spacial score (nSPS) is 10.3. The van der Waals surface area contributed by atoms with Gasteiger partial charge in [0.1, 0.15) is 11.6 Å². The monoisotopic (exact) mass is 352 g/mol. The summed E-state index contributed by atoms with van der Waals surface area (Å²) in [4.78, 5) is 26.4. The van der Waals surface area contributed by atoms with Crippen LogP contribution >= 0.6 is 11.3 Å². The number of carbonyl (C=O) groups excluding carboxylic acids is 2. The van der Waals surface area contributed by atoms with Gasteiger partial charge in [-0.15, -0.1) is 11.3 Å². The number of halogens is 1. The summed E-state index contributed by atoms with van der Waals surface area (Å²) >= 11 is 1.52. The molecule has 8 heteroatoms. The Morgan fingerprint density at radius 1 is 1.38 bits per heavy atom. The molecule has 1 aromatic carbocycles. The molecule has 0 unspecified atom stereocenters. The van der Waals surface area contributed by atoms with Gasteiger partial charge in [0.25, 0.3) is 5.91 Å². The molecule has 0 radical (unpaired) electrons. The third kappa shape index (κ3) is 4.23. The number of thiophene rings is 1. The fourth-order valence-electron chi connectivity index (χ4n) is 1.94. The van der Waals surface area contributed by atoms with Crippen molar-refractivity contribution in [1.29, 1.82) is 0 Å². The molecule has 1 amide bonds. The van der Waals surface area contributed by atoms with Crippen LogP contribution in [0.25, 0.3) is 0 Å². The van der Waals surface area contributed by atoms with Gasteiger partial charge in [0.05, 0.1) is 24.9 Å². The van der Waals surface area contributed by atoms with Gasteiger partial charge >= 0.3 is 5.97 Å². The molecule has 2 rings (SSSR count). The lowest BCUT2D eigenvalue weighted by molar-refractivity contribution is -0.133. The number of esters is 1. The second-order valence-corrected chi connectivity index (χ2v) is 6.01. The largest absolute Gasteiger partial charge is 0.495 e. The minimum Gasteiger partial charge on any atom is -0.495 e. The van der Waals surface area contributed by atoms with Crippen LogP contribution in [0.3, 0.4) is 0 Å². The molecule has 0 atom stereocenters. The van der Waals surface area contributed by atoms with Gasteiger partial charge in [-0.25, -0.2) is 9.18 Å². The molecular weight excluding hydrogens is 335 g/mol. The van der Waals surface area contributed by atoms with Crippen molar-refractivity contribution >= 4 is 28.9 Å². The van der Waals surface area contributed by atoms with Gasteiger partial charge in [-0.1, -0.05) is 6.07 Å². The molecule has 2 aromatic rings. The van der Waals surface area contributed by atoms with Crippen molar-refractivity contribution in [2.75, 3.05) is 26.5 Å². The summed E-state index contributed by atoms with van der Waals surface area (Å²) in [7, 11) is 2.95. The van der Waals surface area contributed by atoms with Gasteiger partial charge in [0.2, 0.25) is 0 Å². The Balaban J connectivity index is 1.96. The summed E-state index contributed by atoms with van der Waals surface area (Å²) in [5.41, 5.74) is 5.28. The molecule has 0 aliphatic heterocycles. The molecule has 24 heavy (non-hydrogen) atoms. The number of nitrogen functional groups attached to an aromatic ring is 1. The van der Waals surface area contributed by atoms with Crippen molar-refractivity contribution in [1.82, 2.24) is 4.90 Å². The average Bonchev–Trinajstić information content (AvgIpc) is 3.05. The molecule has 0 fully saturated rings. The molecule has 0 bridgehead atoms. The summed E-state index contributed by atoms with van der Waals surface area (Å²) < 4.78 is 23.6. The van der Waals surface area contributed by atoms with Crippen LogP contribution in [0, 0.1) is 5.82 Å². The van der Waals surface area contributed by atoms with E-state index in [1.165, 1.54) is 23.3 Å². The number of benzene rings is 1. The number of ether oxygens (including phenoxy) is 2. The molecule has 1 aromatic heterocycles. The number of rotatable bonds is 6. The summed E-state index contributed by atoms with van der Waals surface area (Å²) in [6, 6.07) is 5.90. The van der Waals surface area contributed by atoms with E-state index in [1.807, 2.05) is 17.5 Å². The third-order valence-electron chi connectivity index (χ3n) is 3.26. The van der Waals surface area contributed by atoms with E-state index < -0.39 is 18.4 Å². The summed E-state index contributed by atoms with van der Waals surface area (Å²) in [5.74, 6) is -2.02. The highest BCUT2D eigenvalue weighted by molar-refractivity contribution is 7.09. The highest BCUT2D eigenvalue weighted by atomic mass is 32.1. The highest BCUT2D eigenvalue weighted by Gasteiger charge is 2.19. The number of nitrogens with two attached hydrogens (primary N) is 1. The van der Waals surface area contributed by atoms with Crippen molar-refractivity contribution in [3.8, 4) is 5.75 Å². The SMILES string of the molecule is COc1cc(C(=O)OCC(=O)N(C)Cc2cccs2)c(F)cc1N. The maximum atomic E-state index is 13.8. The first-order valence-corrected chi connectivity index (χ1v) is 7.86. The summed E-state index contributed by atoms with van der Waals surface area (Å²) in [6.07, 6.45) is 0. The predicted molar refractivity (Wildman–Crippen MR) is 88.4 cm³/mol.